The average molecular weight is 225 g/mol. The fraction of sp³-hybridized carbons (Fsp3) is 0. The third-order valence-electron chi connectivity index (χ3n) is 2.37. The summed E-state index contributed by atoms with van der Waals surface area (Å²) in [6.07, 6.45) is 3.90. The van der Waals surface area contributed by atoms with Crippen molar-refractivity contribution in [2.24, 2.45) is 0 Å². The molecule has 0 fully saturated rings. The third-order valence-corrected chi connectivity index (χ3v) is 2.37. The summed E-state index contributed by atoms with van der Waals surface area (Å²) < 4.78 is 0. The van der Waals surface area contributed by atoms with E-state index in [4.69, 9.17) is 0 Å². The van der Waals surface area contributed by atoms with Crippen LogP contribution in [0, 0.1) is 10.1 Å². The molecule has 2 rings (SSSR count). The molecule has 0 atom stereocenters. The zero-order valence-electron chi connectivity index (χ0n) is 9.11. The minimum atomic E-state index is -0.398. The van der Waals surface area contributed by atoms with Gasteiger partial charge in [-0.15, -0.1) is 0 Å². The van der Waals surface area contributed by atoms with E-state index in [9.17, 15) is 10.1 Å². The molecule has 0 aromatic heterocycles. The van der Waals surface area contributed by atoms with Crippen molar-refractivity contribution in [1.29, 1.82) is 0 Å². The van der Waals surface area contributed by atoms with Gasteiger partial charge in [-0.3, -0.25) is 10.1 Å². The molecule has 0 radical (unpaired) electrons. The molecule has 0 bridgehead atoms. The van der Waals surface area contributed by atoms with E-state index in [1.165, 1.54) is 12.1 Å². The van der Waals surface area contributed by atoms with Crippen LogP contribution in [0.3, 0.4) is 0 Å². The van der Waals surface area contributed by atoms with Crippen molar-refractivity contribution < 1.29 is 4.92 Å². The van der Waals surface area contributed by atoms with Gasteiger partial charge in [0, 0.05) is 12.1 Å². The topological polar surface area (TPSA) is 43.1 Å². The number of benzene rings is 2. The number of hydrogen-bond acceptors (Lipinski definition) is 2. The van der Waals surface area contributed by atoms with Crippen LogP contribution >= 0.6 is 0 Å². The first kappa shape index (κ1) is 11.1. The van der Waals surface area contributed by atoms with Crippen LogP contribution in [0.25, 0.3) is 12.2 Å². The van der Waals surface area contributed by atoms with Crippen molar-refractivity contribution in [2.45, 2.75) is 0 Å². The molecular weight excluding hydrogens is 214 g/mol. The fourth-order valence-corrected chi connectivity index (χ4v) is 1.46. The molecule has 0 aliphatic heterocycles. The van der Waals surface area contributed by atoms with Crippen molar-refractivity contribution >= 4 is 17.8 Å². The van der Waals surface area contributed by atoms with Crippen molar-refractivity contribution in [2.75, 3.05) is 0 Å². The van der Waals surface area contributed by atoms with Crippen LogP contribution in [-0.4, -0.2) is 4.92 Å². The summed E-state index contributed by atoms with van der Waals surface area (Å²) in [6, 6.07) is 16.4. The van der Waals surface area contributed by atoms with Gasteiger partial charge in [-0.2, -0.15) is 0 Å². The quantitative estimate of drug-likeness (QED) is 0.453. The summed E-state index contributed by atoms with van der Waals surface area (Å²) in [5, 5.41) is 10.5. The normalized spacial score (nSPS) is 10.6. The predicted molar refractivity (Wildman–Crippen MR) is 68.5 cm³/mol. The van der Waals surface area contributed by atoms with Crippen LogP contribution in [-0.2, 0) is 0 Å². The smallest absolute Gasteiger partial charge is 0.258 e. The zero-order chi connectivity index (χ0) is 12.1. The predicted octanol–water partition coefficient (Wildman–Crippen LogP) is 3.77. The maximum atomic E-state index is 10.5. The van der Waals surface area contributed by atoms with Gasteiger partial charge in [-0.25, -0.2) is 0 Å². The van der Waals surface area contributed by atoms with Gasteiger partial charge < -0.3 is 0 Å². The molecule has 0 N–H and O–H groups in total. The van der Waals surface area contributed by atoms with Crippen LogP contribution in [0.4, 0.5) is 5.69 Å². The Hall–Kier alpha value is -2.42. The monoisotopic (exact) mass is 225 g/mol. The van der Waals surface area contributed by atoms with E-state index >= 15 is 0 Å². The number of rotatable bonds is 3. The molecule has 3 nitrogen and oxygen atoms in total. The molecule has 0 aliphatic rings. The Bertz CT molecular complexity index is 530. The second-order valence-corrected chi connectivity index (χ2v) is 3.59. The SMILES string of the molecule is O=[N+]([O-])c1ccc(/C=C\c2ccccc2)cc1. The van der Waals surface area contributed by atoms with Gasteiger partial charge in [0.05, 0.1) is 4.92 Å². The average Bonchev–Trinajstić information content (AvgIpc) is 2.38. The Morgan fingerprint density at radius 3 is 1.88 bits per heavy atom. The van der Waals surface area contributed by atoms with E-state index in [0.717, 1.165) is 11.1 Å². The van der Waals surface area contributed by atoms with Gasteiger partial charge in [-0.1, -0.05) is 42.5 Å². The number of nitro groups is 1. The minimum absolute atomic E-state index is 0.113. The molecule has 0 amide bonds. The van der Waals surface area contributed by atoms with E-state index in [1.54, 1.807) is 12.1 Å². The Morgan fingerprint density at radius 1 is 0.824 bits per heavy atom. The summed E-state index contributed by atoms with van der Waals surface area (Å²) >= 11 is 0. The summed E-state index contributed by atoms with van der Waals surface area (Å²) in [4.78, 5) is 10.1. The first-order chi connectivity index (χ1) is 8.25. The molecule has 0 aliphatic carbocycles. The zero-order valence-corrected chi connectivity index (χ0v) is 9.11. The lowest BCUT2D eigenvalue weighted by molar-refractivity contribution is -0.384. The lowest BCUT2D eigenvalue weighted by Crippen LogP contribution is -1.86. The molecule has 17 heavy (non-hydrogen) atoms. The second kappa shape index (κ2) is 5.07. The number of nitro benzene ring substituents is 1. The molecule has 0 saturated heterocycles. The largest absolute Gasteiger partial charge is 0.269 e. The molecule has 0 heterocycles. The van der Waals surface area contributed by atoms with Crippen LogP contribution in [0.2, 0.25) is 0 Å². The van der Waals surface area contributed by atoms with E-state index in [0.29, 0.717) is 0 Å². The Balaban J connectivity index is 2.14. The lowest BCUT2D eigenvalue weighted by Gasteiger charge is -1.94. The highest BCUT2D eigenvalue weighted by Crippen LogP contribution is 2.14. The van der Waals surface area contributed by atoms with E-state index in [2.05, 4.69) is 0 Å². The summed E-state index contributed by atoms with van der Waals surface area (Å²) in [7, 11) is 0. The van der Waals surface area contributed by atoms with Crippen LogP contribution in [0.5, 0.6) is 0 Å². The Labute approximate surface area is 99.2 Å². The van der Waals surface area contributed by atoms with Gasteiger partial charge in [0.15, 0.2) is 0 Å². The highest BCUT2D eigenvalue weighted by atomic mass is 16.6. The Morgan fingerprint density at radius 2 is 1.35 bits per heavy atom. The fourth-order valence-electron chi connectivity index (χ4n) is 1.46. The highest BCUT2D eigenvalue weighted by Gasteiger charge is 2.01. The van der Waals surface area contributed by atoms with Gasteiger partial charge in [0.2, 0.25) is 0 Å². The number of non-ortho nitro benzene ring substituents is 1. The van der Waals surface area contributed by atoms with Gasteiger partial charge >= 0.3 is 0 Å². The molecule has 2 aromatic carbocycles. The van der Waals surface area contributed by atoms with Crippen molar-refractivity contribution in [3.8, 4) is 0 Å². The van der Waals surface area contributed by atoms with Crippen LogP contribution in [0.1, 0.15) is 11.1 Å². The van der Waals surface area contributed by atoms with Gasteiger partial charge in [-0.05, 0) is 23.3 Å². The summed E-state index contributed by atoms with van der Waals surface area (Å²) in [5.41, 5.74) is 2.16. The first-order valence-electron chi connectivity index (χ1n) is 5.23. The van der Waals surface area contributed by atoms with Crippen LogP contribution in [0.15, 0.2) is 54.6 Å². The van der Waals surface area contributed by atoms with E-state index in [1.807, 2.05) is 42.5 Å². The van der Waals surface area contributed by atoms with Crippen LogP contribution < -0.4 is 0 Å². The molecular formula is C14H11NO2. The molecule has 2 aromatic rings. The summed E-state index contributed by atoms with van der Waals surface area (Å²) in [5.74, 6) is 0. The molecule has 0 unspecified atom stereocenters. The van der Waals surface area contributed by atoms with Gasteiger partial charge in [0.25, 0.3) is 5.69 Å². The van der Waals surface area contributed by atoms with E-state index < -0.39 is 4.92 Å². The second-order valence-electron chi connectivity index (χ2n) is 3.59. The molecule has 0 saturated carbocycles. The van der Waals surface area contributed by atoms with E-state index in [-0.39, 0.29) is 5.69 Å². The lowest BCUT2D eigenvalue weighted by atomic mass is 10.1. The molecule has 3 heteroatoms. The molecule has 0 spiro atoms. The molecule has 84 valence electrons. The van der Waals surface area contributed by atoms with Gasteiger partial charge in [0.1, 0.15) is 0 Å². The minimum Gasteiger partial charge on any atom is -0.258 e. The number of hydrogen-bond donors (Lipinski definition) is 0. The van der Waals surface area contributed by atoms with Crippen molar-refractivity contribution in [3.63, 3.8) is 0 Å². The third kappa shape index (κ3) is 3.01. The first-order valence-corrected chi connectivity index (χ1v) is 5.23. The number of nitrogens with zero attached hydrogens (tertiary/aromatic N) is 1. The maximum absolute atomic E-state index is 10.5. The summed E-state index contributed by atoms with van der Waals surface area (Å²) in [6.45, 7) is 0. The Kier molecular flexibility index (Phi) is 3.31. The highest BCUT2D eigenvalue weighted by molar-refractivity contribution is 5.69. The standard InChI is InChI=1S/C14H11NO2/c16-15(17)14-10-8-13(9-11-14)7-6-12-4-2-1-3-5-12/h1-11H/b7-6-. The van der Waals surface area contributed by atoms with Crippen molar-refractivity contribution in [1.82, 2.24) is 0 Å². The maximum Gasteiger partial charge on any atom is 0.269 e. The van der Waals surface area contributed by atoms with Crippen molar-refractivity contribution in [3.05, 3.63) is 75.8 Å².